The third-order valence-electron chi connectivity index (χ3n) is 6.22. The van der Waals surface area contributed by atoms with Crippen molar-refractivity contribution in [2.75, 3.05) is 24.7 Å². The Hall–Kier alpha value is -1.53. The lowest BCUT2D eigenvalue weighted by Gasteiger charge is -2.34. The molecule has 0 amide bonds. The summed E-state index contributed by atoms with van der Waals surface area (Å²) in [6.07, 6.45) is 8.47. The average molecular weight is 376 g/mol. The van der Waals surface area contributed by atoms with Gasteiger partial charge in [0.2, 0.25) is 0 Å². The Morgan fingerprint density at radius 2 is 2.08 bits per heavy atom. The molecule has 2 unspecified atom stereocenters. The molecule has 2 N–H and O–H groups in total. The van der Waals surface area contributed by atoms with Crippen LogP contribution in [0.15, 0.2) is 29.3 Å². The van der Waals surface area contributed by atoms with Crippen LogP contribution < -0.4 is 5.84 Å². The van der Waals surface area contributed by atoms with Crippen LogP contribution in [0.4, 0.5) is 0 Å². The van der Waals surface area contributed by atoms with Crippen LogP contribution >= 0.6 is 0 Å². The maximum absolute atomic E-state index is 12.6. The first kappa shape index (κ1) is 17.9. The highest BCUT2D eigenvalue weighted by molar-refractivity contribution is 7.91. The molecule has 5 nitrogen and oxygen atoms in total. The van der Waals surface area contributed by atoms with Crippen molar-refractivity contribution in [3.63, 3.8) is 0 Å². The van der Waals surface area contributed by atoms with Crippen molar-refractivity contribution >= 4 is 20.7 Å². The Morgan fingerprint density at radius 3 is 2.88 bits per heavy atom. The summed E-state index contributed by atoms with van der Waals surface area (Å²) < 4.78 is 26.9. The van der Waals surface area contributed by atoms with Crippen molar-refractivity contribution < 1.29 is 8.42 Å². The first-order valence-corrected chi connectivity index (χ1v) is 11.5. The largest absolute Gasteiger partial charge is 0.339 e. The van der Waals surface area contributed by atoms with Gasteiger partial charge in [-0.25, -0.2) is 8.42 Å². The smallest absolute Gasteiger partial charge is 0.178 e. The molecule has 6 heteroatoms. The van der Waals surface area contributed by atoms with Gasteiger partial charge in [0, 0.05) is 17.6 Å². The average Bonchev–Trinajstić information content (AvgIpc) is 3.23. The fraction of sp³-hybridized carbons (Fsp3) is 0.600. The number of hydrogen-bond acceptors (Lipinski definition) is 4. The summed E-state index contributed by atoms with van der Waals surface area (Å²) in [7, 11) is -3.22. The first-order chi connectivity index (χ1) is 12.5. The Bertz CT molecular complexity index is 903. The predicted octanol–water partition coefficient (Wildman–Crippen LogP) is 3.27. The molecule has 0 aliphatic carbocycles. The Kier molecular flexibility index (Phi) is 4.73. The van der Waals surface area contributed by atoms with Crippen LogP contribution in [0, 0.1) is 0 Å². The predicted molar refractivity (Wildman–Crippen MR) is 106 cm³/mol. The molecule has 0 bridgehead atoms. The quantitative estimate of drug-likeness (QED) is 0.815. The monoisotopic (exact) mass is 375 g/mol. The molecule has 26 heavy (non-hydrogen) atoms. The zero-order valence-corrected chi connectivity index (χ0v) is 16.3. The van der Waals surface area contributed by atoms with Crippen molar-refractivity contribution in [3.05, 3.63) is 30.0 Å². The van der Waals surface area contributed by atoms with Crippen molar-refractivity contribution in [3.8, 4) is 0 Å². The summed E-state index contributed by atoms with van der Waals surface area (Å²) in [5.41, 5.74) is 2.14. The maximum Gasteiger partial charge on any atom is 0.178 e. The number of nitrogens with two attached hydrogens (primary N) is 1. The van der Waals surface area contributed by atoms with Gasteiger partial charge in [-0.05, 0) is 74.9 Å². The molecule has 2 atom stereocenters. The molecular formula is C20H29N3O2S. The lowest BCUT2D eigenvalue weighted by Crippen LogP contribution is -2.37. The number of benzene rings is 1. The van der Waals surface area contributed by atoms with E-state index in [2.05, 4.69) is 4.90 Å². The minimum atomic E-state index is -3.22. The Morgan fingerprint density at radius 1 is 1.23 bits per heavy atom. The van der Waals surface area contributed by atoms with Crippen molar-refractivity contribution in [1.29, 1.82) is 0 Å². The number of rotatable bonds is 5. The van der Waals surface area contributed by atoms with E-state index in [0.717, 1.165) is 36.7 Å². The first-order valence-electron chi connectivity index (χ1n) is 9.86. The summed E-state index contributed by atoms with van der Waals surface area (Å²) in [5.74, 6) is 6.87. The molecule has 4 rings (SSSR count). The molecule has 0 radical (unpaired) electrons. The van der Waals surface area contributed by atoms with Crippen LogP contribution in [0.3, 0.4) is 0 Å². The molecule has 2 saturated heterocycles. The zero-order valence-electron chi connectivity index (χ0n) is 15.5. The van der Waals surface area contributed by atoms with Gasteiger partial charge in [0.1, 0.15) is 0 Å². The maximum atomic E-state index is 12.6. The van der Waals surface area contributed by atoms with E-state index >= 15 is 0 Å². The normalized spacial score (nSPS) is 24.2. The number of hydrogen-bond donors (Lipinski definition) is 1. The van der Waals surface area contributed by atoms with Crippen LogP contribution in [0.2, 0.25) is 0 Å². The van der Waals surface area contributed by atoms with Gasteiger partial charge in [-0.1, -0.05) is 13.3 Å². The molecule has 1 aromatic heterocycles. The molecule has 0 spiro atoms. The molecule has 2 aliphatic rings. The highest BCUT2D eigenvalue weighted by atomic mass is 32.2. The van der Waals surface area contributed by atoms with Crippen molar-refractivity contribution in [2.24, 2.45) is 0 Å². The highest BCUT2D eigenvalue weighted by Crippen LogP contribution is 2.39. The molecule has 0 saturated carbocycles. The fourth-order valence-electron chi connectivity index (χ4n) is 4.74. The highest BCUT2D eigenvalue weighted by Gasteiger charge is 2.33. The lowest BCUT2D eigenvalue weighted by molar-refractivity contribution is 0.181. The zero-order chi connectivity index (χ0) is 18.3. The van der Waals surface area contributed by atoms with E-state index < -0.39 is 9.84 Å². The Balaban J connectivity index is 1.70. The molecule has 2 fully saturated rings. The summed E-state index contributed by atoms with van der Waals surface area (Å²) >= 11 is 0. The molecule has 2 aromatic rings. The van der Waals surface area contributed by atoms with Gasteiger partial charge < -0.3 is 10.7 Å². The van der Waals surface area contributed by atoms with E-state index in [-0.39, 0.29) is 5.75 Å². The summed E-state index contributed by atoms with van der Waals surface area (Å²) in [4.78, 5) is 3.04. The van der Waals surface area contributed by atoms with Gasteiger partial charge in [0.15, 0.2) is 9.84 Å². The van der Waals surface area contributed by atoms with E-state index in [0.29, 0.717) is 23.3 Å². The summed E-state index contributed by atoms with van der Waals surface area (Å²) in [6, 6.07) is 6.11. The van der Waals surface area contributed by atoms with E-state index in [4.69, 9.17) is 5.84 Å². The number of nitrogen functional groups attached to an aromatic ring is 1. The van der Waals surface area contributed by atoms with Gasteiger partial charge in [-0.15, -0.1) is 0 Å². The second-order valence-corrected chi connectivity index (χ2v) is 10.0. The van der Waals surface area contributed by atoms with Gasteiger partial charge in [0.05, 0.1) is 16.2 Å². The third-order valence-corrected chi connectivity index (χ3v) is 8.02. The minimum absolute atomic E-state index is 0.216. The van der Waals surface area contributed by atoms with E-state index in [1.54, 1.807) is 10.7 Å². The van der Waals surface area contributed by atoms with Crippen LogP contribution in [0.1, 0.15) is 56.9 Å². The topological polar surface area (TPSA) is 68.3 Å². The van der Waals surface area contributed by atoms with Crippen molar-refractivity contribution in [1.82, 2.24) is 9.58 Å². The number of sulfone groups is 1. The summed E-state index contributed by atoms with van der Waals surface area (Å²) in [5, 5.41) is 1.02. The number of unbranched alkanes of at least 4 members (excludes halogenated alkanes) is 1. The lowest BCUT2D eigenvalue weighted by atomic mass is 9.85. The fourth-order valence-corrected chi connectivity index (χ4v) is 6.22. The number of nitrogens with zero attached hydrogens (tertiary/aromatic N) is 2. The molecule has 3 heterocycles. The van der Waals surface area contributed by atoms with E-state index in [1.807, 2.05) is 25.3 Å². The van der Waals surface area contributed by atoms with Crippen molar-refractivity contribution in [2.45, 2.75) is 62.3 Å². The van der Waals surface area contributed by atoms with E-state index in [9.17, 15) is 8.42 Å². The molecular weight excluding hydrogens is 346 g/mol. The van der Waals surface area contributed by atoms with Gasteiger partial charge in [-0.3, -0.25) is 4.68 Å². The number of fused-ring (bicyclic) bond motifs is 2. The third kappa shape index (κ3) is 3.14. The van der Waals surface area contributed by atoms with E-state index in [1.165, 1.54) is 24.9 Å². The van der Waals surface area contributed by atoms with Crippen LogP contribution in [0.5, 0.6) is 0 Å². The van der Waals surface area contributed by atoms with Crippen LogP contribution in [0.25, 0.3) is 10.9 Å². The summed E-state index contributed by atoms with van der Waals surface area (Å²) in [6.45, 7) is 4.39. The second-order valence-electron chi connectivity index (χ2n) is 7.90. The standard InChI is InChI=1S/C20H29N3O2S/c1-2-3-11-26(24,25)17-6-7-20-18(13-17)19(14-23(20)21)15-8-10-22-9-4-5-16(22)12-15/h6-7,13-16H,2-5,8-12,21H2,1H3. The second kappa shape index (κ2) is 6.89. The SMILES string of the molecule is CCCCS(=O)(=O)c1ccc2c(c1)c(C1CCN3CCCC3C1)cn2N. The Labute approximate surface area is 156 Å². The minimum Gasteiger partial charge on any atom is -0.339 e. The molecule has 1 aromatic carbocycles. The molecule has 2 aliphatic heterocycles. The molecule has 142 valence electrons. The number of aromatic nitrogens is 1. The number of piperidine rings is 1. The van der Waals surface area contributed by atoms with Crippen LogP contribution in [-0.2, 0) is 9.84 Å². The van der Waals surface area contributed by atoms with Crippen LogP contribution in [-0.4, -0.2) is 42.9 Å². The van der Waals surface area contributed by atoms with Gasteiger partial charge in [0.25, 0.3) is 0 Å². The van der Waals surface area contributed by atoms with Gasteiger partial charge in [-0.2, -0.15) is 0 Å². The van der Waals surface area contributed by atoms with Gasteiger partial charge >= 0.3 is 0 Å².